The maximum atomic E-state index is 4.72. The molecule has 1 heterocycles. The lowest BCUT2D eigenvalue weighted by molar-refractivity contribution is 0.397. The third-order valence-corrected chi connectivity index (χ3v) is 3.01. The number of pyridine rings is 1. The van der Waals surface area contributed by atoms with Crippen LogP contribution >= 0.6 is 11.9 Å². The summed E-state index contributed by atoms with van der Waals surface area (Å²) < 4.78 is 3.24. The lowest BCUT2D eigenvalue weighted by Crippen LogP contribution is -2.11. The second-order valence-electron chi connectivity index (χ2n) is 4.30. The van der Waals surface area contributed by atoms with Gasteiger partial charge in [-0.05, 0) is 43.6 Å². The molecule has 0 amide bonds. The molecule has 0 atom stereocenters. The third-order valence-electron chi connectivity index (χ3n) is 2.51. The number of rotatable bonds is 5. The molecule has 0 aliphatic rings. The molecule has 1 N–H and O–H groups in total. The van der Waals surface area contributed by atoms with E-state index < -0.39 is 0 Å². The van der Waals surface area contributed by atoms with Crippen molar-refractivity contribution in [3.63, 3.8) is 0 Å². The SMILES string of the molecule is C=CSNc1cccc2ccc(CN(C)C)nc12. The zero-order chi connectivity index (χ0) is 13.0. The molecule has 3 nitrogen and oxygen atoms in total. The molecule has 1 aromatic carbocycles. The minimum atomic E-state index is 0.846. The standard InChI is InChI=1S/C14H17N3S/c1-4-18-16-13-7-5-6-11-8-9-12(10-17(2)3)15-14(11)13/h4-9,16H,1,10H2,2-3H3. The Morgan fingerprint density at radius 2 is 2.17 bits per heavy atom. The highest BCUT2D eigenvalue weighted by atomic mass is 32.2. The van der Waals surface area contributed by atoms with E-state index in [0.717, 1.165) is 28.8 Å². The van der Waals surface area contributed by atoms with E-state index in [9.17, 15) is 0 Å². The molecule has 2 aromatic rings. The smallest absolute Gasteiger partial charge is 0.0945 e. The molecule has 18 heavy (non-hydrogen) atoms. The van der Waals surface area contributed by atoms with Crippen molar-refractivity contribution in [1.82, 2.24) is 9.88 Å². The molecule has 4 heteroatoms. The summed E-state index contributed by atoms with van der Waals surface area (Å²) >= 11 is 1.46. The summed E-state index contributed by atoms with van der Waals surface area (Å²) in [6.45, 7) is 4.53. The minimum absolute atomic E-state index is 0.846. The number of hydrogen-bond acceptors (Lipinski definition) is 4. The summed E-state index contributed by atoms with van der Waals surface area (Å²) in [6, 6.07) is 10.3. The predicted octanol–water partition coefficient (Wildman–Crippen LogP) is 3.50. The van der Waals surface area contributed by atoms with Crippen molar-refractivity contribution in [2.45, 2.75) is 6.54 Å². The summed E-state index contributed by atoms with van der Waals surface area (Å²) in [5, 5.41) is 2.91. The number of nitrogens with one attached hydrogen (secondary N) is 1. The topological polar surface area (TPSA) is 28.2 Å². The minimum Gasteiger partial charge on any atom is -0.324 e. The van der Waals surface area contributed by atoms with Crippen molar-refractivity contribution >= 4 is 28.5 Å². The van der Waals surface area contributed by atoms with Crippen molar-refractivity contribution in [2.75, 3.05) is 18.8 Å². The molecule has 0 unspecified atom stereocenters. The molecule has 0 radical (unpaired) electrons. The van der Waals surface area contributed by atoms with Gasteiger partial charge in [0.15, 0.2) is 0 Å². The van der Waals surface area contributed by atoms with Gasteiger partial charge in [0.2, 0.25) is 0 Å². The van der Waals surface area contributed by atoms with Gasteiger partial charge in [0.25, 0.3) is 0 Å². The first-order chi connectivity index (χ1) is 8.70. The Morgan fingerprint density at radius 1 is 1.33 bits per heavy atom. The number of hydrogen-bond donors (Lipinski definition) is 1. The highest BCUT2D eigenvalue weighted by Gasteiger charge is 2.04. The molecule has 1 aromatic heterocycles. The zero-order valence-corrected chi connectivity index (χ0v) is 11.5. The van der Waals surface area contributed by atoms with Gasteiger partial charge in [-0.15, -0.1) is 0 Å². The molecule has 94 valence electrons. The van der Waals surface area contributed by atoms with Crippen molar-refractivity contribution in [2.24, 2.45) is 0 Å². The summed E-state index contributed by atoms with van der Waals surface area (Å²) in [5.74, 6) is 0. The third kappa shape index (κ3) is 3.03. The fourth-order valence-corrected chi connectivity index (χ4v) is 2.16. The average molecular weight is 259 g/mol. The van der Waals surface area contributed by atoms with Gasteiger partial charge in [0.1, 0.15) is 0 Å². The van der Waals surface area contributed by atoms with Crippen LogP contribution in [0.5, 0.6) is 0 Å². The van der Waals surface area contributed by atoms with Crippen LogP contribution in [0.3, 0.4) is 0 Å². The Hall–Kier alpha value is -1.52. The van der Waals surface area contributed by atoms with Crippen LogP contribution in [0.1, 0.15) is 5.69 Å². The van der Waals surface area contributed by atoms with Crippen LogP contribution in [0.4, 0.5) is 5.69 Å². The molecule has 0 spiro atoms. The van der Waals surface area contributed by atoms with Gasteiger partial charge in [0, 0.05) is 11.9 Å². The van der Waals surface area contributed by atoms with E-state index in [2.05, 4.69) is 34.4 Å². The van der Waals surface area contributed by atoms with Crippen LogP contribution in [0.25, 0.3) is 10.9 Å². The van der Waals surface area contributed by atoms with Crippen LogP contribution in [0.2, 0.25) is 0 Å². The first-order valence-electron chi connectivity index (χ1n) is 5.76. The number of anilines is 1. The van der Waals surface area contributed by atoms with E-state index in [1.807, 2.05) is 26.2 Å². The second kappa shape index (κ2) is 5.89. The Labute approximate surface area is 112 Å². The molecular formula is C14H17N3S. The number of aromatic nitrogens is 1. The Kier molecular flexibility index (Phi) is 4.23. The fraction of sp³-hybridized carbons (Fsp3) is 0.214. The van der Waals surface area contributed by atoms with Gasteiger partial charge in [0.05, 0.1) is 16.9 Å². The quantitative estimate of drug-likeness (QED) is 0.832. The van der Waals surface area contributed by atoms with Gasteiger partial charge >= 0.3 is 0 Å². The molecule has 0 saturated heterocycles. The van der Waals surface area contributed by atoms with E-state index in [-0.39, 0.29) is 0 Å². The van der Waals surface area contributed by atoms with Crippen LogP contribution in [-0.2, 0) is 6.54 Å². The summed E-state index contributed by atoms with van der Waals surface area (Å²) in [5.41, 5.74) is 3.11. The monoisotopic (exact) mass is 259 g/mol. The lowest BCUT2D eigenvalue weighted by atomic mass is 10.2. The number of fused-ring (bicyclic) bond motifs is 1. The van der Waals surface area contributed by atoms with E-state index in [0.29, 0.717) is 0 Å². The molecular weight excluding hydrogens is 242 g/mol. The van der Waals surface area contributed by atoms with Crippen LogP contribution in [-0.4, -0.2) is 24.0 Å². The van der Waals surface area contributed by atoms with Crippen LogP contribution < -0.4 is 4.72 Å². The molecule has 0 aliphatic carbocycles. The molecule has 2 rings (SSSR count). The first kappa shape index (κ1) is 12.9. The van der Waals surface area contributed by atoms with Crippen molar-refractivity contribution in [1.29, 1.82) is 0 Å². The van der Waals surface area contributed by atoms with Gasteiger partial charge in [-0.3, -0.25) is 0 Å². The fourth-order valence-electron chi connectivity index (χ4n) is 1.79. The van der Waals surface area contributed by atoms with Crippen molar-refractivity contribution < 1.29 is 0 Å². The van der Waals surface area contributed by atoms with Gasteiger partial charge < -0.3 is 9.62 Å². The molecule has 0 bridgehead atoms. The maximum absolute atomic E-state index is 4.72. The second-order valence-corrected chi connectivity index (χ2v) is 5.08. The molecule has 0 saturated carbocycles. The molecule has 0 aliphatic heterocycles. The van der Waals surface area contributed by atoms with Gasteiger partial charge in [-0.2, -0.15) is 0 Å². The number of nitrogens with zero attached hydrogens (tertiary/aromatic N) is 2. The Morgan fingerprint density at radius 3 is 2.89 bits per heavy atom. The summed E-state index contributed by atoms with van der Waals surface area (Å²) in [4.78, 5) is 6.83. The van der Waals surface area contributed by atoms with E-state index >= 15 is 0 Å². The lowest BCUT2D eigenvalue weighted by Gasteiger charge is -2.11. The maximum Gasteiger partial charge on any atom is 0.0945 e. The Balaban J connectivity index is 2.41. The van der Waals surface area contributed by atoms with Crippen LogP contribution in [0.15, 0.2) is 42.3 Å². The zero-order valence-electron chi connectivity index (χ0n) is 10.7. The van der Waals surface area contributed by atoms with Crippen molar-refractivity contribution in [3.05, 3.63) is 48.0 Å². The normalized spacial score (nSPS) is 10.8. The Bertz CT molecular complexity index is 552. The van der Waals surface area contributed by atoms with E-state index in [1.165, 1.54) is 11.9 Å². The number of benzene rings is 1. The first-order valence-corrected chi connectivity index (χ1v) is 6.64. The van der Waals surface area contributed by atoms with Crippen molar-refractivity contribution in [3.8, 4) is 0 Å². The van der Waals surface area contributed by atoms with Gasteiger partial charge in [-0.25, -0.2) is 4.98 Å². The summed E-state index contributed by atoms with van der Waals surface area (Å²) in [6.07, 6.45) is 0. The van der Waals surface area contributed by atoms with Crippen LogP contribution in [0, 0.1) is 0 Å². The average Bonchev–Trinajstić information content (AvgIpc) is 2.35. The largest absolute Gasteiger partial charge is 0.324 e. The highest BCUT2D eigenvalue weighted by molar-refractivity contribution is 8.03. The molecule has 0 fully saturated rings. The van der Waals surface area contributed by atoms with E-state index in [4.69, 9.17) is 4.98 Å². The predicted molar refractivity (Wildman–Crippen MR) is 80.5 cm³/mol. The van der Waals surface area contributed by atoms with Gasteiger partial charge in [-0.1, -0.05) is 24.8 Å². The number of para-hydroxylation sites is 1. The van der Waals surface area contributed by atoms with E-state index in [1.54, 1.807) is 5.41 Å². The summed E-state index contributed by atoms with van der Waals surface area (Å²) in [7, 11) is 4.09. The highest BCUT2D eigenvalue weighted by Crippen LogP contribution is 2.24.